The molecule has 0 aliphatic rings. The summed E-state index contributed by atoms with van der Waals surface area (Å²) in [4.78, 5) is 11.2. The summed E-state index contributed by atoms with van der Waals surface area (Å²) < 4.78 is 5.79. The molecular formula is C19H22ClNO3. The van der Waals surface area contributed by atoms with E-state index < -0.39 is 12.0 Å². The number of halogens is 1. The van der Waals surface area contributed by atoms with Crippen molar-refractivity contribution in [2.45, 2.75) is 39.0 Å². The Bertz CT molecular complexity index is 675. The van der Waals surface area contributed by atoms with Crippen LogP contribution in [0.5, 0.6) is 5.75 Å². The minimum Gasteiger partial charge on any atom is -0.489 e. The highest BCUT2D eigenvalue weighted by Crippen LogP contribution is 2.19. The van der Waals surface area contributed by atoms with Gasteiger partial charge in [0.15, 0.2) is 0 Å². The van der Waals surface area contributed by atoms with Crippen LogP contribution in [-0.2, 0) is 17.9 Å². The predicted octanol–water partition coefficient (Wildman–Crippen LogP) is 4.26. The Kier molecular flexibility index (Phi) is 7.09. The molecule has 2 rings (SSSR count). The van der Waals surface area contributed by atoms with Gasteiger partial charge in [0, 0.05) is 17.1 Å². The number of aliphatic carboxylic acids is 1. The smallest absolute Gasteiger partial charge is 0.320 e. The third kappa shape index (κ3) is 5.55. The normalized spacial score (nSPS) is 11.9. The van der Waals surface area contributed by atoms with E-state index in [1.165, 1.54) is 0 Å². The number of hydrogen-bond donors (Lipinski definition) is 2. The van der Waals surface area contributed by atoms with Crippen molar-refractivity contribution in [2.24, 2.45) is 0 Å². The second-order valence-corrected chi connectivity index (χ2v) is 6.00. The summed E-state index contributed by atoms with van der Waals surface area (Å²) in [5.41, 5.74) is 1.91. The third-order valence-electron chi connectivity index (χ3n) is 3.68. The number of carboxylic acids is 1. The molecule has 0 bridgehead atoms. The summed E-state index contributed by atoms with van der Waals surface area (Å²) in [7, 11) is 0. The van der Waals surface area contributed by atoms with Crippen molar-refractivity contribution < 1.29 is 14.6 Å². The van der Waals surface area contributed by atoms with E-state index in [1.54, 1.807) is 0 Å². The molecule has 0 saturated carbocycles. The highest BCUT2D eigenvalue weighted by molar-refractivity contribution is 6.31. The molecule has 128 valence electrons. The molecule has 0 fully saturated rings. The molecule has 24 heavy (non-hydrogen) atoms. The Morgan fingerprint density at radius 3 is 2.75 bits per heavy atom. The maximum absolute atomic E-state index is 11.2. The van der Waals surface area contributed by atoms with Gasteiger partial charge >= 0.3 is 5.97 Å². The number of hydrogen-bond acceptors (Lipinski definition) is 3. The van der Waals surface area contributed by atoms with Crippen molar-refractivity contribution in [3.8, 4) is 5.75 Å². The zero-order valence-corrected chi connectivity index (χ0v) is 14.4. The summed E-state index contributed by atoms with van der Waals surface area (Å²) in [6.45, 7) is 2.85. The lowest BCUT2D eigenvalue weighted by atomic mass is 10.1. The van der Waals surface area contributed by atoms with E-state index in [1.807, 2.05) is 55.5 Å². The van der Waals surface area contributed by atoms with Crippen molar-refractivity contribution in [1.82, 2.24) is 5.32 Å². The number of ether oxygens (including phenoxy) is 1. The molecule has 2 N–H and O–H groups in total. The number of carbonyl (C=O) groups is 1. The van der Waals surface area contributed by atoms with E-state index >= 15 is 0 Å². The van der Waals surface area contributed by atoms with Crippen LogP contribution in [0.25, 0.3) is 0 Å². The minimum atomic E-state index is -0.817. The lowest BCUT2D eigenvalue weighted by Gasteiger charge is -2.14. The van der Waals surface area contributed by atoms with Crippen molar-refractivity contribution >= 4 is 17.6 Å². The zero-order chi connectivity index (χ0) is 17.4. The fraction of sp³-hybridized carbons (Fsp3) is 0.316. The lowest BCUT2D eigenvalue weighted by Crippen LogP contribution is -2.35. The second-order valence-electron chi connectivity index (χ2n) is 5.59. The van der Waals surface area contributed by atoms with Crippen LogP contribution >= 0.6 is 11.6 Å². The standard InChI is InChI=1S/C19H22ClNO3/c1-2-6-18(19(22)23)21-12-14-7-5-9-16(11-14)24-13-15-8-3-4-10-17(15)20/h3-5,7-11,18,21H,2,6,12-13H2,1H3,(H,22,23). The molecule has 0 heterocycles. The molecule has 1 atom stereocenters. The van der Waals surface area contributed by atoms with Crippen molar-refractivity contribution in [2.75, 3.05) is 0 Å². The van der Waals surface area contributed by atoms with Crippen LogP contribution in [0.15, 0.2) is 48.5 Å². The van der Waals surface area contributed by atoms with Gasteiger partial charge in [0.05, 0.1) is 0 Å². The Labute approximate surface area is 147 Å². The first-order valence-corrected chi connectivity index (χ1v) is 8.39. The lowest BCUT2D eigenvalue weighted by molar-refractivity contribution is -0.139. The van der Waals surface area contributed by atoms with Crippen molar-refractivity contribution in [3.05, 3.63) is 64.7 Å². The van der Waals surface area contributed by atoms with Crippen LogP contribution in [-0.4, -0.2) is 17.1 Å². The van der Waals surface area contributed by atoms with Crippen molar-refractivity contribution in [3.63, 3.8) is 0 Å². The fourth-order valence-electron chi connectivity index (χ4n) is 2.36. The van der Waals surface area contributed by atoms with E-state index in [-0.39, 0.29) is 0 Å². The Morgan fingerprint density at radius 2 is 2.04 bits per heavy atom. The largest absolute Gasteiger partial charge is 0.489 e. The number of rotatable bonds is 9. The molecule has 4 nitrogen and oxygen atoms in total. The summed E-state index contributed by atoms with van der Waals surface area (Å²) in [5.74, 6) is -0.0837. The van der Waals surface area contributed by atoms with Crippen LogP contribution in [0.2, 0.25) is 5.02 Å². The number of carboxylic acid groups (broad SMARTS) is 1. The molecule has 2 aromatic carbocycles. The van der Waals surface area contributed by atoms with E-state index in [0.29, 0.717) is 24.6 Å². The van der Waals surface area contributed by atoms with Crippen LogP contribution in [0.1, 0.15) is 30.9 Å². The van der Waals surface area contributed by atoms with Gasteiger partial charge in [0.25, 0.3) is 0 Å². The molecule has 1 unspecified atom stereocenters. The summed E-state index contributed by atoms with van der Waals surface area (Å²) in [6.07, 6.45) is 1.43. The molecule has 0 aliphatic carbocycles. The molecule has 0 saturated heterocycles. The molecule has 0 amide bonds. The Hall–Kier alpha value is -2.04. The van der Waals surface area contributed by atoms with E-state index in [9.17, 15) is 9.90 Å². The summed E-state index contributed by atoms with van der Waals surface area (Å²) >= 11 is 6.12. The number of nitrogens with one attached hydrogen (secondary N) is 1. The van der Waals surface area contributed by atoms with Gasteiger partial charge in [-0.25, -0.2) is 0 Å². The van der Waals surface area contributed by atoms with Gasteiger partial charge in [-0.3, -0.25) is 4.79 Å². The first-order chi connectivity index (χ1) is 11.6. The first kappa shape index (κ1) is 18.3. The Morgan fingerprint density at radius 1 is 1.25 bits per heavy atom. The molecular weight excluding hydrogens is 326 g/mol. The van der Waals surface area contributed by atoms with Crippen LogP contribution in [0.4, 0.5) is 0 Å². The van der Waals surface area contributed by atoms with Crippen LogP contribution in [0, 0.1) is 0 Å². The maximum atomic E-state index is 11.2. The van der Waals surface area contributed by atoms with Gasteiger partial charge in [0.2, 0.25) is 0 Å². The van der Waals surface area contributed by atoms with Gasteiger partial charge in [-0.15, -0.1) is 0 Å². The average Bonchev–Trinajstić information content (AvgIpc) is 2.58. The first-order valence-electron chi connectivity index (χ1n) is 8.01. The van der Waals surface area contributed by atoms with Gasteiger partial charge in [0.1, 0.15) is 18.4 Å². The zero-order valence-electron chi connectivity index (χ0n) is 13.7. The molecule has 0 radical (unpaired) electrons. The molecule has 0 spiro atoms. The second kappa shape index (κ2) is 9.30. The quantitative estimate of drug-likeness (QED) is 0.711. The minimum absolute atomic E-state index is 0.393. The van der Waals surface area contributed by atoms with Crippen LogP contribution < -0.4 is 10.1 Å². The summed E-state index contributed by atoms with van der Waals surface area (Å²) in [6, 6.07) is 14.7. The van der Waals surface area contributed by atoms with Crippen molar-refractivity contribution in [1.29, 1.82) is 0 Å². The highest BCUT2D eigenvalue weighted by Gasteiger charge is 2.15. The molecule has 0 aromatic heterocycles. The third-order valence-corrected chi connectivity index (χ3v) is 4.05. The maximum Gasteiger partial charge on any atom is 0.320 e. The monoisotopic (exact) mass is 347 g/mol. The fourth-order valence-corrected chi connectivity index (χ4v) is 2.55. The SMILES string of the molecule is CCCC(NCc1cccc(OCc2ccccc2Cl)c1)C(=O)O. The predicted molar refractivity (Wildman–Crippen MR) is 95.4 cm³/mol. The average molecular weight is 348 g/mol. The highest BCUT2D eigenvalue weighted by atomic mass is 35.5. The van der Waals surface area contributed by atoms with E-state index in [2.05, 4.69) is 5.32 Å². The summed E-state index contributed by atoms with van der Waals surface area (Å²) in [5, 5.41) is 12.9. The molecule has 5 heteroatoms. The Balaban J connectivity index is 1.93. The van der Waals surface area contributed by atoms with Gasteiger partial charge < -0.3 is 15.2 Å². The van der Waals surface area contributed by atoms with Gasteiger partial charge in [-0.2, -0.15) is 0 Å². The van der Waals surface area contributed by atoms with Crippen LogP contribution in [0.3, 0.4) is 0 Å². The number of benzene rings is 2. The van der Waals surface area contributed by atoms with E-state index in [4.69, 9.17) is 16.3 Å². The molecule has 0 aliphatic heterocycles. The molecule has 2 aromatic rings. The van der Waals surface area contributed by atoms with Gasteiger partial charge in [-0.05, 0) is 30.2 Å². The van der Waals surface area contributed by atoms with Gasteiger partial charge in [-0.1, -0.05) is 55.3 Å². The van der Waals surface area contributed by atoms with E-state index in [0.717, 1.165) is 23.3 Å². The topological polar surface area (TPSA) is 58.6 Å².